The molecule has 0 radical (unpaired) electrons. The maximum absolute atomic E-state index is 11.7. The van der Waals surface area contributed by atoms with E-state index in [1.54, 1.807) is 11.8 Å². The fraction of sp³-hybridized carbons (Fsp3) is 0.385. The molecule has 1 amide bonds. The summed E-state index contributed by atoms with van der Waals surface area (Å²) in [5, 5.41) is 0. The second-order valence-electron chi connectivity index (χ2n) is 4.27. The van der Waals surface area contributed by atoms with Crippen molar-refractivity contribution in [1.29, 1.82) is 0 Å². The first-order chi connectivity index (χ1) is 7.66. The second kappa shape index (κ2) is 4.47. The summed E-state index contributed by atoms with van der Waals surface area (Å²) < 4.78 is 0. The lowest BCUT2D eigenvalue weighted by Gasteiger charge is -2.15. The third-order valence-electron chi connectivity index (χ3n) is 3.01. The fourth-order valence-electron chi connectivity index (χ4n) is 2.00. The van der Waals surface area contributed by atoms with Crippen molar-refractivity contribution < 1.29 is 9.59 Å². The first-order valence-electron chi connectivity index (χ1n) is 5.49. The van der Waals surface area contributed by atoms with Crippen molar-refractivity contribution in [3.05, 3.63) is 35.9 Å². The van der Waals surface area contributed by atoms with Crippen LogP contribution in [-0.4, -0.2) is 23.1 Å². The molecule has 1 atom stereocenters. The van der Waals surface area contributed by atoms with Crippen LogP contribution in [0.1, 0.15) is 18.9 Å². The number of hydrogen-bond acceptors (Lipinski definition) is 2. The maximum atomic E-state index is 11.7. The van der Waals surface area contributed by atoms with Crippen LogP contribution >= 0.6 is 0 Å². The zero-order valence-corrected chi connectivity index (χ0v) is 9.35. The molecule has 2 rings (SSSR count). The Morgan fingerprint density at radius 1 is 1.38 bits per heavy atom. The standard InChI is InChI=1S/C13H15NO2/c1-10(15)12-7-13(16)14(9-12)8-11-5-3-2-4-6-11/h2-6,12H,7-9H2,1H3. The van der Waals surface area contributed by atoms with E-state index in [1.165, 1.54) is 0 Å². The number of Topliss-reactive ketones (excluding diaryl/α,β-unsaturated/α-hetero) is 1. The summed E-state index contributed by atoms with van der Waals surface area (Å²) in [4.78, 5) is 24.6. The molecule has 0 saturated carbocycles. The molecule has 3 nitrogen and oxygen atoms in total. The molecule has 1 unspecified atom stereocenters. The lowest BCUT2D eigenvalue weighted by Crippen LogP contribution is -2.25. The molecule has 1 heterocycles. The Morgan fingerprint density at radius 3 is 2.62 bits per heavy atom. The van der Waals surface area contributed by atoms with Crippen LogP contribution in [0.2, 0.25) is 0 Å². The summed E-state index contributed by atoms with van der Waals surface area (Å²) in [6.07, 6.45) is 0.377. The Morgan fingerprint density at radius 2 is 2.06 bits per heavy atom. The van der Waals surface area contributed by atoms with Gasteiger partial charge in [0.1, 0.15) is 5.78 Å². The topological polar surface area (TPSA) is 37.4 Å². The zero-order chi connectivity index (χ0) is 11.5. The van der Waals surface area contributed by atoms with Crippen molar-refractivity contribution in [2.45, 2.75) is 19.9 Å². The van der Waals surface area contributed by atoms with Gasteiger partial charge < -0.3 is 4.90 Å². The number of amides is 1. The van der Waals surface area contributed by atoms with Gasteiger partial charge in [-0.3, -0.25) is 9.59 Å². The van der Waals surface area contributed by atoms with E-state index in [2.05, 4.69) is 0 Å². The van der Waals surface area contributed by atoms with Gasteiger partial charge in [-0.25, -0.2) is 0 Å². The number of nitrogens with zero attached hydrogens (tertiary/aromatic N) is 1. The average molecular weight is 217 g/mol. The predicted octanol–water partition coefficient (Wildman–Crippen LogP) is 1.62. The van der Waals surface area contributed by atoms with Gasteiger partial charge in [-0.2, -0.15) is 0 Å². The molecule has 16 heavy (non-hydrogen) atoms. The van der Waals surface area contributed by atoms with Crippen LogP contribution in [0.15, 0.2) is 30.3 Å². The van der Waals surface area contributed by atoms with Gasteiger partial charge in [-0.1, -0.05) is 30.3 Å². The molecule has 0 aliphatic carbocycles. The largest absolute Gasteiger partial charge is 0.338 e. The van der Waals surface area contributed by atoms with Crippen LogP contribution in [0.3, 0.4) is 0 Å². The van der Waals surface area contributed by atoms with E-state index >= 15 is 0 Å². The molecule has 1 saturated heterocycles. The lowest BCUT2D eigenvalue weighted by atomic mass is 10.1. The van der Waals surface area contributed by atoms with Gasteiger partial charge in [-0.15, -0.1) is 0 Å². The number of likely N-dealkylation sites (tertiary alicyclic amines) is 1. The summed E-state index contributed by atoms with van der Waals surface area (Å²) in [7, 11) is 0. The van der Waals surface area contributed by atoms with Crippen LogP contribution in [0.4, 0.5) is 0 Å². The fourth-order valence-corrected chi connectivity index (χ4v) is 2.00. The Balaban J connectivity index is 2.02. The molecule has 1 aliphatic rings. The monoisotopic (exact) mass is 217 g/mol. The Hall–Kier alpha value is -1.64. The molecule has 0 aromatic heterocycles. The van der Waals surface area contributed by atoms with Crippen molar-refractivity contribution in [2.24, 2.45) is 5.92 Å². The summed E-state index contributed by atoms with van der Waals surface area (Å²) >= 11 is 0. The van der Waals surface area contributed by atoms with E-state index in [9.17, 15) is 9.59 Å². The Kier molecular flexibility index (Phi) is 3.04. The molecular formula is C13H15NO2. The molecule has 0 spiro atoms. The van der Waals surface area contributed by atoms with E-state index in [-0.39, 0.29) is 17.6 Å². The van der Waals surface area contributed by atoms with E-state index < -0.39 is 0 Å². The molecule has 1 aromatic rings. The highest BCUT2D eigenvalue weighted by atomic mass is 16.2. The molecule has 3 heteroatoms. The van der Waals surface area contributed by atoms with Crippen molar-refractivity contribution >= 4 is 11.7 Å². The zero-order valence-electron chi connectivity index (χ0n) is 9.35. The van der Waals surface area contributed by atoms with Gasteiger partial charge in [-0.05, 0) is 12.5 Å². The lowest BCUT2D eigenvalue weighted by molar-refractivity contribution is -0.128. The van der Waals surface area contributed by atoms with Gasteiger partial charge >= 0.3 is 0 Å². The van der Waals surface area contributed by atoms with E-state index in [4.69, 9.17) is 0 Å². The van der Waals surface area contributed by atoms with Crippen molar-refractivity contribution in [1.82, 2.24) is 4.90 Å². The van der Waals surface area contributed by atoms with Gasteiger partial charge in [0, 0.05) is 25.4 Å². The third-order valence-corrected chi connectivity index (χ3v) is 3.01. The van der Waals surface area contributed by atoms with E-state index in [1.807, 2.05) is 30.3 Å². The minimum Gasteiger partial charge on any atom is -0.338 e. The molecule has 1 aromatic carbocycles. The Bertz CT molecular complexity index is 400. The third kappa shape index (κ3) is 2.30. The van der Waals surface area contributed by atoms with Crippen LogP contribution in [-0.2, 0) is 16.1 Å². The molecule has 0 N–H and O–H groups in total. The van der Waals surface area contributed by atoms with Gasteiger partial charge in [0.15, 0.2) is 0 Å². The SMILES string of the molecule is CC(=O)C1CC(=O)N(Cc2ccccc2)C1. The minimum absolute atomic E-state index is 0.0871. The number of benzene rings is 1. The van der Waals surface area contributed by atoms with Crippen LogP contribution in [0.25, 0.3) is 0 Å². The number of carbonyl (C=O) groups excluding carboxylic acids is 2. The van der Waals surface area contributed by atoms with Crippen molar-refractivity contribution in [2.75, 3.05) is 6.54 Å². The number of ketones is 1. The second-order valence-corrected chi connectivity index (χ2v) is 4.27. The van der Waals surface area contributed by atoms with Crippen LogP contribution in [0.5, 0.6) is 0 Å². The molecule has 1 aliphatic heterocycles. The summed E-state index contributed by atoms with van der Waals surface area (Å²) in [6, 6.07) is 9.85. The average Bonchev–Trinajstić information content (AvgIpc) is 2.62. The quantitative estimate of drug-likeness (QED) is 0.771. The van der Waals surface area contributed by atoms with E-state index in [0.717, 1.165) is 5.56 Å². The van der Waals surface area contributed by atoms with Gasteiger partial charge in [0.2, 0.25) is 5.91 Å². The van der Waals surface area contributed by atoms with Crippen LogP contribution in [0, 0.1) is 5.92 Å². The maximum Gasteiger partial charge on any atom is 0.223 e. The normalized spacial score (nSPS) is 20.2. The van der Waals surface area contributed by atoms with Gasteiger partial charge in [0.05, 0.1) is 0 Å². The Labute approximate surface area is 95.1 Å². The highest BCUT2D eigenvalue weighted by molar-refractivity contribution is 5.89. The van der Waals surface area contributed by atoms with Crippen molar-refractivity contribution in [3.8, 4) is 0 Å². The van der Waals surface area contributed by atoms with Crippen molar-refractivity contribution in [3.63, 3.8) is 0 Å². The smallest absolute Gasteiger partial charge is 0.223 e. The molecule has 84 valence electrons. The number of rotatable bonds is 3. The molecular weight excluding hydrogens is 202 g/mol. The minimum atomic E-state index is -0.101. The summed E-state index contributed by atoms with van der Waals surface area (Å²) in [5.74, 6) is 0.101. The van der Waals surface area contributed by atoms with Crippen LogP contribution < -0.4 is 0 Å². The van der Waals surface area contributed by atoms with Gasteiger partial charge in [0.25, 0.3) is 0 Å². The number of carbonyl (C=O) groups is 2. The van der Waals surface area contributed by atoms with E-state index in [0.29, 0.717) is 19.5 Å². The molecule has 1 fully saturated rings. The number of hydrogen-bond donors (Lipinski definition) is 0. The summed E-state index contributed by atoms with van der Waals surface area (Å²) in [5.41, 5.74) is 1.11. The first-order valence-corrected chi connectivity index (χ1v) is 5.49. The highest BCUT2D eigenvalue weighted by Crippen LogP contribution is 2.20. The summed E-state index contributed by atoms with van der Waals surface area (Å²) in [6.45, 7) is 2.75. The highest BCUT2D eigenvalue weighted by Gasteiger charge is 2.31. The first kappa shape index (κ1) is 10.9. The molecule has 0 bridgehead atoms. The predicted molar refractivity (Wildman–Crippen MR) is 60.6 cm³/mol.